The molecule has 0 N–H and O–H groups in total. The Morgan fingerprint density at radius 3 is 2.29 bits per heavy atom. The van der Waals surface area contributed by atoms with Crippen LogP contribution >= 0.6 is 0 Å². The molecule has 2 aromatic heterocycles. The van der Waals surface area contributed by atoms with Crippen LogP contribution in [0.4, 0.5) is 10.6 Å². The summed E-state index contributed by atoms with van der Waals surface area (Å²) in [5.41, 5.74) is 2.92. The van der Waals surface area contributed by atoms with Crippen LogP contribution in [0, 0.1) is 0 Å². The first kappa shape index (κ1) is 17.0. The highest BCUT2D eigenvalue weighted by molar-refractivity contribution is 5.75. The van der Waals surface area contributed by atoms with Crippen molar-refractivity contribution < 1.29 is 4.79 Å². The van der Waals surface area contributed by atoms with E-state index in [1.807, 2.05) is 50.8 Å². The number of carbonyl (C=O) groups excluding carboxylic acids is 1. The van der Waals surface area contributed by atoms with Gasteiger partial charge < -0.3 is 14.7 Å². The number of nitrogens with zero attached hydrogens (tertiary/aromatic N) is 6. The molecule has 3 aromatic rings. The van der Waals surface area contributed by atoms with Crippen molar-refractivity contribution in [1.29, 1.82) is 0 Å². The fourth-order valence-corrected chi connectivity index (χ4v) is 4.07. The minimum absolute atomic E-state index is 0.196. The van der Waals surface area contributed by atoms with Crippen LogP contribution in [0.2, 0.25) is 0 Å². The Morgan fingerprint density at radius 2 is 1.54 bits per heavy atom. The molecule has 0 aliphatic carbocycles. The Hall–Kier alpha value is -3.09. The van der Waals surface area contributed by atoms with E-state index in [4.69, 9.17) is 5.10 Å². The third-order valence-electron chi connectivity index (χ3n) is 5.67. The smallest absolute Gasteiger partial charge is 0.320 e. The molecule has 7 heteroatoms. The number of rotatable bonds is 2. The Morgan fingerprint density at radius 1 is 0.821 bits per heavy atom. The number of aromatic nitrogens is 3. The first-order chi connectivity index (χ1) is 13.8. The monoisotopic (exact) mass is 376 g/mol. The van der Waals surface area contributed by atoms with Gasteiger partial charge >= 0.3 is 6.03 Å². The maximum atomic E-state index is 12.6. The highest BCUT2D eigenvalue weighted by Crippen LogP contribution is 2.22. The van der Waals surface area contributed by atoms with Crippen LogP contribution in [-0.4, -0.2) is 69.7 Å². The summed E-state index contributed by atoms with van der Waals surface area (Å²) < 4.78 is 1.91. The van der Waals surface area contributed by atoms with Crippen LogP contribution in [-0.2, 0) is 0 Å². The summed E-state index contributed by atoms with van der Waals surface area (Å²) in [6, 6.07) is 14.4. The zero-order chi connectivity index (χ0) is 18.9. The highest BCUT2D eigenvalue weighted by atomic mass is 16.2. The molecule has 144 valence electrons. The Bertz CT molecular complexity index is 971. The third kappa shape index (κ3) is 3.06. The van der Waals surface area contributed by atoms with Crippen molar-refractivity contribution in [2.45, 2.75) is 12.8 Å². The van der Waals surface area contributed by atoms with Crippen molar-refractivity contribution >= 4 is 17.5 Å². The van der Waals surface area contributed by atoms with Gasteiger partial charge in [-0.1, -0.05) is 30.3 Å². The van der Waals surface area contributed by atoms with Gasteiger partial charge in [0.1, 0.15) is 5.82 Å². The fourth-order valence-electron chi connectivity index (χ4n) is 4.07. The molecular weight excluding hydrogens is 352 g/mol. The van der Waals surface area contributed by atoms with Crippen molar-refractivity contribution in [2.24, 2.45) is 0 Å². The normalized spacial score (nSPS) is 17.5. The molecule has 0 saturated carbocycles. The van der Waals surface area contributed by atoms with Gasteiger partial charge in [-0.15, -0.1) is 5.10 Å². The summed E-state index contributed by atoms with van der Waals surface area (Å²) in [5.74, 6) is 0.927. The second kappa shape index (κ2) is 7.14. The summed E-state index contributed by atoms with van der Waals surface area (Å²) in [4.78, 5) is 23.3. The zero-order valence-corrected chi connectivity index (χ0v) is 15.9. The van der Waals surface area contributed by atoms with Crippen molar-refractivity contribution in [3.05, 3.63) is 48.7 Å². The number of urea groups is 1. The summed E-state index contributed by atoms with van der Waals surface area (Å²) in [6.07, 6.45) is 4.13. The lowest BCUT2D eigenvalue weighted by molar-refractivity contribution is 0.159. The first-order valence-corrected chi connectivity index (χ1v) is 9.98. The molecule has 0 bridgehead atoms. The second-order valence-electron chi connectivity index (χ2n) is 7.42. The van der Waals surface area contributed by atoms with Crippen LogP contribution in [0.25, 0.3) is 16.9 Å². The number of piperazine rings is 1. The summed E-state index contributed by atoms with van der Waals surface area (Å²) >= 11 is 0. The molecule has 7 nitrogen and oxygen atoms in total. The number of amides is 2. The molecule has 4 heterocycles. The lowest BCUT2D eigenvalue weighted by atomic mass is 10.2. The van der Waals surface area contributed by atoms with Crippen LogP contribution in [0.3, 0.4) is 0 Å². The van der Waals surface area contributed by atoms with E-state index in [1.54, 1.807) is 0 Å². The van der Waals surface area contributed by atoms with Gasteiger partial charge in [0.15, 0.2) is 5.65 Å². The molecule has 0 radical (unpaired) electrons. The highest BCUT2D eigenvalue weighted by Gasteiger charge is 2.27. The van der Waals surface area contributed by atoms with E-state index in [1.165, 1.54) is 0 Å². The summed E-state index contributed by atoms with van der Waals surface area (Å²) in [6.45, 7) is 4.89. The van der Waals surface area contributed by atoms with Gasteiger partial charge in [0.2, 0.25) is 0 Å². The van der Waals surface area contributed by atoms with E-state index >= 15 is 0 Å². The average molecular weight is 376 g/mol. The van der Waals surface area contributed by atoms with Gasteiger partial charge in [0.25, 0.3) is 0 Å². The maximum Gasteiger partial charge on any atom is 0.320 e. The first-order valence-electron chi connectivity index (χ1n) is 9.98. The van der Waals surface area contributed by atoms with Crippen LogP contribution in [0.1, 0.15) is 12.8 Å². The van der Waals surface area contributed by atoms with Gasteiger partial charge in [-0.3, -0.25) is 0 Å². The summed E-state index contributed by atoms with van der Waals surface area (Å²) in [5, 5.41) is 4.85. The SMILES string of the molecule is O=C(N1CCCC1)N1CCN(c2ccc3ncc(-c4ccccc4)n3n2)CC1. The van der Waals surface area contributed by atoms with Crippen molar-refractivity contribution in [2.75, 3.05) is 44.2 Å². The molecule has 28 heavy (non-hydrogen) atoms. The molecular formula is C21H24N6O. The van der Waals surface area contributed by atoms with Crippen LogP contribution in [0.5, 0.6) is 0 Å². The Labute approximate surface area is 164 Å². The zero-order valence-electron chi connectivity index (χ0n) is 15.9. The Balaban J connectivity index is 1.34. The van der Waals surface area contributed by atoms with Crippen LogP contribution in [0.15, 0.2) is 48.7 Å². The fraction of sp³-hybridized carbons (Fsp3) is 0.381. The number of anilines is 1. The quantitative estimate of drug-likeness (QED) is 0.690. The number of benzene rings is 1. The number of carbonyl (C=O) groups is 1. The lowest BCUT2D eigenvalue weighted by Gasteiger charge is -2.37. The predicted molar refractivity (Wildman–Crippen MR) is 108 cm³/mol. The largest absolute Gasteiger partial charge is 0.352 e. The predicted octanol–water partition coefficient (Wildman–Crippen LogP) is 2.73. The summed E-state index contributed by atoms with van der Waals surface area (Å²) in [7, 11) is 0. The van der Waals surface area contributed by atoms with Crippen molar-refractivity contribution in [3.8, 4) is 11.3 Å². The number of fused-ring (bicyclic) bond motifs is 1. The molecule has 2 aliphatic rings. The van der Waals surface area contributed by atoms with Gasteiger partial charge in [-0.2, -0.15) is 0 Å². The molecule has 0 atom stereocenters. The molecule has 2 fully saturated rings. The molecule has 0 unspecified atom stereocenters. The van der Waals surface area contributed by atoms with E-state index in [0.717, 1.165) is 74.8 Å². The molecule has 1 aromatic carbocycles. The molecule has 0 spiro atoms. The van der Waals surface area contributed by atoms with E-state index in [9.17, 15) is 4.79 Å². The number of imidazole rings is 1. The van der Waals surface area contributed by atoms with E-state index in [-0.39, 0.29) is 6.03 Å². The molecule has 2 aliphatic heterocycles. The Kier molecular flexibility index (Phi) is 4.35. The minimum Gasteiger partial charge on any atom is -0.352 e. The maximum absolute atomic E-state index is 12.6. The second-order valence-corrected chi connectivity index (χ2v) is 7.42. The number of likely N-dealkylation sites (tertiary alicyclic amines) is 1. The van der Waals surface area contributed by atoms with Gasteiger partial charge in [-0.25, -0.2) is 14.3 Å². The molecule has 5 rings (SSSR count). The van der Waals surface area contributed by atoms with Gasteiger partial charge in [0.05, 0.1) is 11.9 Å². The van der Waals surface area contributed by atoms with Crippen molar-refractivity contribution in [1.82, 2.24) is 24.4 Å². The number of hydrogen-bond donors (Lipinski definition) is 0. The van der Waals surface area contributed by atoms with E-state index < -0.39 is 0 Å². The van der Waals surface area contributed by atoms with Gasteiger partial charge in [0, 0.05) is 44.8 Å². The van der Waals surface area contributed by atoms with E-state index in [0.29, 0.717) is 0 Å². The lowest BCUT2D eigenvalue weighted by Crippen LogP contribution is -2.52. The van der Waals surface area contributed by atoms with Crippen LogP contribution < -0.4 is 4.90 Å². The third-order valence-corrected chi connectivity index (χ3v) is 5.67. The van der Waals surface area contributed by atoms with E-state index in [2.05, 4.69) is 22.0 Å². The minimum atomic E-state index is 0.196. The molecule has 2 saturated heterocycles. The van der Waals surface area contributed by atoms with Crippen molar-refractivity contribution in [3.63, 3.8) is 0 Å². The standard InChI is InChI=1S/C21H24N6O/c28-21(25-10-4-5-11-25)26-14-12-24(13-15-26)20-9-8-19-22-16-18(27(19)23-20)17-6-2-1-3-7-17/h1-3,6-9,16H,4-5,10-15H2. The number of hydrogen-bond acceptors (Lipinski definition) is 4. The molecule has 2 amide bonds. The van der Waals surface area contributed by atoms with Gasteiger partial charge in [-0.05, 0) is 25.0 Å². The topological polar surface area (TPSA) is 57.0 Å². The average Bonchev–Trinajstić information content (AvgIpc) is 3.44.